The van der Waals surface area contributed by atoms with E-state index in [-0.39, 0.29) is 71.5 Å². The smallest absolute Gasteiger partial charge is 0.302 e. The molecule has 2 aromatic heterocycles. The number of carbonyl (C=O) groups is 1. The lowest BCUT2D eigenvalue weighted by molar-refractivity contribution is -0.196. The van der Waals surface area contributed by atoms with Gasteiger partial charge < -0.3 is 50.6 Å². The quantitative estimate of drug-likeness (QED) is 0.0448. The first-order valence-corrected chi connectivity index (χ1v) is 22.8. The topological polar surface area (TPSA) is 203 Å². The molecule has 14 heteroatoms. The van der Waals surface area contributed by atoms with Gasteiger partial charge in [-0.15, -0.1) is 0 Å². The summed E-state index contributed by atoms with van der Waals surface area (Å²) in [5.41, 5.74) is 9.22. The zero-order valence-corrected chi connectivity index (χ0v) is 36.2. The van der Waals surface area contributed by atoms with Gasteiger partial charge in [-0.1, -0.05) is 24.0 Å². The number of ether oxygens (including phenoxy) is 4. The first-order chi connectivity index (χ1) is 31.1. The summed E-state index contributed by atoms with van der Waals surface area (Å²) in [6.45, 7) is 3.06. The van der Waals surface area contributed by atoms with E-state index in [4.69, 9.17) is 29.7 Å². The molecule has 0 amide bonds. The molecule has 0 radical (unpaired) electrons. The largest absolute Gasteiger partial charge is 0.504 e. The number of aliphatic imine (C=N–C) groups is 1. The van der Waals surface area contributed by atoms with Gasteiger partial charge in [0.1, 0.15) is 18.0 Å². The summed E-state index contributed by atoms with van der Waals surface area (Å²) in [5.74, 6) is 8.04. The van der Waals surface area contributed by atoms with Crippen LogP contribution in [0.15, 0.2) is 78.2 Å². The third-order valence-corrected chi connectivity index (χ3v) is 13.8. The number of rotatable bonds is 10. The zero-order chi connectivity index (χ0) is 44.2. The number of benzene rings is 2. The van der Waals surface area contributed by atoms with Gasteiger partial charge in [0.2, 0.25) is 5.75 Å². The van der Waals surface area contributed by atoms with Crippen LogP contribution in [0.5, 0.6) is 28.7 Å². The van der Waals surface area contributed by atoms with E-state index >= 15 is 0 Å². The normalized spacial score (nSPS) is 28.2. The van der Waals surface area contributed by atoms with Crippen molar-refractivity contribution in [2.45, 2.75) is 108 Å². The van der Waals surface area contributed by atoms with Crippen molar-refractivity contribution in [2.24, 2.45) is 28.7 Å². The lowest BCUT2D eigenvalue weighted by Gasteiger charge is -2.49. The number of hydrogen-bond donors (Lipinski definition) is 6. The third kappa shape index (κ3) is 9.50. The predicted molar refractivity (Wildman–Crippen MR) is 240 cm³/mol. The highest BCUT2D eigenvalue weighted by Gasteiger charge is 2.51. The molecular formula is C50H58N6O8. The number of esters is 1. The van der Waals surface area contributed by atoms with E-state index in [9.17, 15) is 20.1 Å². The van der Waals surface area contributed by atoms with Crippen molar-refractivity contribution in [1.82, 2.24) is 20.6 Å². The molecule has 5 heterocycles. The summed E-state index contributed by atoms with van der Waals surface area (Å²) in [6.07, 6.45) is 11.7. The number of nitrogens with zero attached hydrogens (tertiary/aromatic N) is 3. The molecule has 2 aromatic carbocycles. The second-order valence-electron chi connectivity index (χ2n) is 18.0. The number of anilines is 1. The highest BCUT2D eigenvalue weighted by Crippen LogP contribution is 2.50. The molecule has 336 valence electrons. The Balaban J connectivity index is 0.996. The van der Waals surface area contributed by atoms with Crippen molar-refractivity contribution in [3.05, 3.63) is 95.4 Å². The highest BCUT2D eigenvalue weighted by atomic mass is 16.6. The number of fused-ring (bicyclic) bond motifs is 7. The van der Waals surface area contributed by atoms with Crippen LogP contribution in [-0.2, 0) is 33.5 Å². The highest BCUT2D eigenvalue weighted by molar-refractivity contribution is 5.81. The van der Waals surface area contributed by atoms with Gasteiger partial charge in [-0.2, -0.15) is 0 Å². The van der Waals surface area contributed by atoms with Gasteiger partial charge in [-0.3, -0.25) is 14.8 Å². The van der Waals surface area contributed by atoms with Gasteiger partial charge in [-0.25, -0.2) is 4.98 Å². The molecule has 4 aromatic rings. The van der Waals surface area contributed by atoms with Crippen molar-refractivity contribution in [1.29, 1.82) is 0 Å². The second kappa shape index (κ2) is 18.9. The van der Waals surface area contributed by atoms with Gasteiger partial charge in [0, 0.05) is 69.2 Å². The summed E-state index contributed by atoms with van der Waals surface area (Å²) < 4.78 is 26.1. The number of hydrogen-bond acceptors (Lipinski definition) is 14. The average Bonchev–Trinajstić information content (AvgIpc) is 3.30. The minimum absolute atomic E-state index is 0.0652. The molecule has 9 unspecified atom stereocenters. The monoisotopic (exact) mass is 870 g/mol. The minimum atomic E-state index is -0.591. The molecule has 9 rings (SSSR count). The standard InChI is InChI=1S/C50H58N6O8/c1-30(57)62-43-28-42(35-26-40(59)47(60)45(27-35)61-22-15-32-6-3-18-52-29-32)64-48-36(43)11-9-34-10-12-38-41(63-44-24-33(23-37(34)48)8-13-39(44)58)7-2-16-50(38)17-21-55-49(56-50)54-19-4-5-31-14-20-53-46(51)25-31/h3,6,8,13-14,18,20,24-27,29,34,36-38,41-43,48,58-60H,2,4-5,7,9,11,15-17,19,21-23,28H2,1H3,(H2,51,53)(H2,54,55,56). The minimum Gasteiger partial charge on any atom is -0.504 e. The Morgan fingerprint density at radius 3 is 2.75 bits per heavy atom. The van der Waals surface area contributed by atoms with Gasteiger partial charge in [0.15, 0.2) is 29.0 Å². The summed E-state index contributed by atoms with van der Waals surface area (Å²) >= 11 is 0. The van der Waals surface area contributed by atoms with Crippen LogP contribution in [-0.4, -0.2) is 80.8 Å². The van der Waals surface area contributed by atoms with Crippen LogP contribution in [0.1, 0.15) is 86.6 Å². The predicted octanol–water partition coefficient (Wildman–Crippen LogP) is 6.32. The van der Waals surface area contributed by atoms with E-state index in [1.807, 2.05) is 36.4 Å². The fourth-order valence-corrected chi connectivity index (χ4v) is 10.7. The molecule has 1 saturated heterocycles. The SMILES string of the molecule is CC(=O)OC1CC(c2cc(O)c(O)c(OCCc3cccnc3)c2)OC2C3Cc4ccc(O)c(c4)OC4CCCC5(CCN=C(NCCCc6ccnc(N)c6)N5)C4C#CC3CCC12. The maximum Gasteiger partial charge on any atom is 0.302 e. The van der Waals surface area contributed by atoms with Crippen LogP contribution < -0.4 is 25.8 Å². The Hall–Kier alpha value is -6.20. The summed E-state index contributed by atoms with van der Waals surface area (Å²) in [7, 11) is 0. The Kier molecular flexibility index (Phi) is 12.7. The van der Waals surface area contributed by atoms with Crippen LogP contribution in [0.2, 0.25) is 0 Å². The van der Waals surface area contributed by atoms with Gasteiger partial charge in [0.25, 0.3) is 0 Å². The van der Waals surface area contributed by atoms with Crippen LogP contribution in [0.3, 0.4) is 0 Å². The molecule has 3 fully saturated rings. The van der Waals surface area contributed by atoms with Crippen LogP contribution in [0.4, 0.5) is 5.82 Å². The molecule has 64 heavy (non-hydrogen) atoms. The lowest BCUT2D eigenvalue weighted by atomic mass is 9.65. The Morgan fingerprint density at radius 2 is 1.91 bits per heavy atom. The van der Waals surface area contributed by atoms with Crippen molar-refractivity contribution < 1.29 is 39.1 Å². The maximum atomic E-state index is 12.7. The van der Waals surface area contributed by atoms with Crippen molar-refractivity contribution >= 4 is 17.7 Å². The van der Waals surface area contributed by atoms with E-state index in [1.165, 1.54) is 13.0 Å². The fraction of sp³-hybridized carbons (Fsp3) is 0.480. The van der Waals surface area contributed by atoms with Crippen LogP contribution in [0, 0.1) is 35.5 Å². The number of aromatic hydroxyl groups is 3. The van der Waals surface area contributed by atoms with Crippen LogP contribution >= 0.6 is 0 Å². The molecule has 14 nitrogen and oxygen atoms in total. The number of phenols is 3. The maximum absolute atomic E-state index is 12.7. The first kappa shape index (κ1) is 43.1. The molecule has 9 atom stereocenters. The Morgan fingerprint density at radius 1 is 1.00 bits per heavy atom. The Labute approximate surface area is 374 Å². The van der Waals surface area contributed by atoms with Crippen molar-refractivity contribution in [3.8, 4) is 40.6 Å². The summed E-state index contributed by atoms with van der Waals surface area (Å²) in [5, 5.41) is 40.4. The van der Waals surface area contributed by atoms with E-state index in [2.05, 4.69) is 32.4 Å². The summed E-state index contributed by atoms with van der Waals surface area (Å²) in [4.78, 5) is 25.8. The molecule has 5 aliphatic rings. The fourth-order valence-electron chi connectivity index (χ4n) is 10.7. The van der Waals surface area contributed by atoms with Crippen molar-refractivity contribution in [2.75, 3.05) is 25.4 Å². The van der Waals surface area contributed by atoms with Gasteiger partial charge in [-0.05, 0) is 123 Å². The van der Waals surface area contributed by atoms with Crippen LogP contribution in [0.25, 0.3) is 0 Å². The number of aryl methyl sites for hydroxylation is 1. The van der Waals surface area contributed by atoms with E-state index in [0.29, 0.717) is 42.9 Å². The number of aromatic nitrogens is 2. The number of nitrogens with one attached hydrogen (secondary N) is 2. The first-order valence-electron chi connectivity index (χ1n) is 22.8. The average molecular weight is 871 g/mol. The Bertz CT molecular complexity index is 2400. The van der Waals surface area contributed by atoms with E-state index in [1.54, 1.807) is 30.7 Å². The lowest BCUT2D eigenvalue weighted by Crippen LogP contribution is -2.64. The molecule has 2 aliphatic carbocycles. The number of phenolic OH excluding ortho intramolecular Hbond substituents is 3. The molecule has 2 bridgehead atoms. The van der Waals surface area contributed by atoms with Gasteiger partial charge >= 0.3 is 5.97 Å². The number of carbonyl (C=O) groups excluding carboxylic acids is 1. The number of guanidine groups is 1. The van der Waals surface area contributed by atoms with E-state index in [0.717, 1.165) is 80.6 Å². The van der Waals surface area contributed by atoms with Gasteiger partial charge in [0.05, 0.1) is 30.3 Å². The number of nitrogen functional groups attached to an aromatic ring is 1. The van der Waals surface area contributed by atoms with Crippen molar-refractivity contribution in [3.63, 3.8) is 0 Å². The molecule has 7 N–H and O–H groups in total. The van der Waals surface area contributed by atoms with E-state index < -0.39 is 17.7 Å². The molecule has 1 spiro atoms. The molecule has 2 saturated carbocycles. The molecular weight excluding hydrogens is 813 g/mol. The number of pyridine rings is 2. The third-order valence-electron chi connectivity index (χ3n) is 13.8. The number of nitrogens with two attached hydrogens (primary N) is 1. The molecule has 3 aliphatic heterocycles. The summed E-state index contributed by atoms with van der Waals surface area (Å²) in [6, 6.07) is 16.5. The zero-order valence-electron chi connectivity index (χ0n) is 36.2. The second-order valence-corrected chi connectivity index (χ2v) is 18.0.